The maximum absolute atomic E-state index is 5.94. The summed E-state index contributed by atoms with van der Waals surface area (Å²) >= 11 is 5.94. The van der Waals surface area contributed by atoms with Gasteiger partial charge in [0.1, 0.15) is 0 Å². The molecular weight excluding hydrogens is 302 g/mol. The molecule has 0 saturated heterocycles. The molecule has 0 aliphatic carbocycles. The van der Waals surface area contributed by atoms with Gasteiger partial charge in [0.05, 0.1) is 25.4 Å². The third-order valence-electron chi connectivity index (χ3n) is 3.34. The van der Waals surface area contributed by atoms with Crippen LogP contribution in [0.15, 0.2) is 36.4 Å². The van der Waals surface area contributed by atoms with E-state index in [1.54, 1.807) is 20.3 Å². The SMILES string of the molecule is COc1cc2nc(N)nc(-c3ccc(Cl)cc3)c2cc1OC. The molecule has 22 heavy (non-hydrogen) atoms. The Morgan fingerprint density at radius 3 is 2.23 bits per heavy atom. The van der Waals surface area contributed by atoms with E-state index in [4.69, 9.17) is 26.8 Å². The van der Waals surface area contributed by atoms with E-state index in [0.29, 0.717) is 22.0 Å². The van der Waals surface area contributed by atoms with Gasteiger partial charge in [-0.2, -0.15) is 0 Å². The van der Waals surface area contributed by atoms with Crippen LogP contribution in [0.5, 0.6) is 11.5 Å². The quantitative estimate of drug-likeness (QED) is 0.800. The van der Waals surface area contributed by atoms with Crippen LogP contribution in [-0.2, 0) is 0 Å². The van der Waals surface area contributed by atoms with Crippen molar-refractivity contribution in [2.75, 3.05) is 20.0 Å². The standard InChI is InChI=1S/C16H14ClN3O2/c1-21-13-7-11-12(8-14(13)22-2)19-16(18)20-15(11)9-3-5-10(17)6-4-9/h3-8H,1-2H3,(H2,18,19,20). The Hall–Kier alpha value is -2.53. The lowest BCUT2D eigenvalue weighted by molar-refractivity contribution is 0.356. The average Bonchev–Trinajstić information content (AvgIpc) is 2.53. The van der Waals surface area contributed by atoms with Crippen LogP contribution in [0.3, 0.4) is 0 Å². The molecule has 0 aliphatic heterocycles. The second-order valence-corrected chi connectivity index (χ2v) is 5.10. The van der Waals surface area contributed by atoms with Crippen molar-refractivity contribution >= 4 is 28.5 Å². The number of rotatable bonds is 3. The normalized spacial score (nSPS) is 10.7. The Kier molecular flexibility index (Phi) is 3.73. The van der Waals surface area contributed by atoms with Crippen molar-refractivity contribution in [2.24, 2.45) is 0 Å². The van der Waals surface area contributed by atoms with Crippen molar-refractivity contribution in [2.45, 2.75) is 0 Å². The van der Waals surface area contributed by atoms with Crippen molar-refractivity contribution in [3.05, 3.63) is 41.4 Å². The zero-order valence-electron chi connectivity index (χ0n) is 12.1. The molecule has 2 aromatic carbocycles. The van der Waals surface area contributed by atoms with Crippen LogP contribution in [0.2, 0.25) is 5.02 Å². The largest absolute Gasteiger partial charge is 0.493 e. The molecule has 112 valence electrons. The summed E-state index contributed by atoms with van der Waals surface area (Å²) in [6.45, 7) is 0. The van der Waals surface area contributed by atoms with E-state index >= 15 is 0 Å². The summed E-state index contributed by atoms with van der Waals surface area (Å²) in [5.74, 6) is 1.40. The summed E-state index contributed by atoms with van der Waals surface area (Å²) in [4.78, 5) is 8.63. The van der Waals surface area contributed by atoms with Gasteiger partial charge >= 0.3 is 0 Å². The molecule has 0 amide bonds. The van der Waals surface area contributed by atoms with E-state index < -0.39 is 0 Å². The molecule has 0 fully saturated rings. The maximum atomic E-state index is 5.94. The molecule has 0 unspecified atom stereocenters. The van der Waals surface area contributed by atoms with Crippen molar-refractivity contribution in [1.82, 2.24) is 9.97 Å². The highest BCUT2D eigenvalue weighted by atomic mass is 35.5. The number of methoxy groups -OCH3 is 2. The molecule has 0 radical (unpaired) electrons. The first-order valence-electron chi connectivity index (χ1n) is 6.57. The number of fused-ring (bicyclic) bond motifs is 1. The molecule has 0 spiro atoms. The molecule has 1 heterocycles. The van der Waals surface area contributed by atoms with Gasteiger partial charge in [-0.3, -0.25) is 0 Å². The van der Waals surface area contributed by atoms with E-state index in [1.165, 1.54) is 0 Å². The number of nitrogen functional groups attached to an aromatic ring is 1. The minimum atomic E-state index is 0.199. The van der Waals surface area contributed by atoms with E-state index in [2.05, 4.69) is 9.97 Å². The molecule has 0 bridgehead atoms. The lowest BCUT2D eigenvalue weighted by Crippen LogP contribution is -1.99. The Morgan fingerprint density at radius 1 is 0.955 bits per heavy atom. The van der Waals surface area contributed by atoms with Gasteiger partial charge in [0, 0.05) is 22.0 Å². The first-order chi connectivity index (χ1) is 10.6. The molecule has 1 aromatic heterocycles. The molecule has 0 aliphatic rings. The number of hydrogen-bond acceptors (Lipinski definition) is 5. The number of hydrogen-bond donors (Lipinski definition) is 1. The number of nitrogens with zero attached hydrogens (tertiary/aromatic N) is 2. The fourth-order valence-electron chi connectivity index (χ4n) is 2.30. The Morgan fingerprint density at radius 2 is 1.59 bits per heavy atom. The van der Waals surface area contributed by atoms with E-state index in [-0.39, 0.29) is 5.95 Å². The second-order valence-electron chi connectivity index (χ2n) is 4.66. The first-order valence-corrected chi connectivity index (χ1v) is 6.95. The van der Waals surface area contributed by atoms with Crippen LogP contribution < -0.4 is 15.2 Å². The minimum absolute atomic E-state index is 0.199. The highest BCUT2D eigenvalue weighted by Gasteiger charge is 2.13. The molecule has 0 atom stereocenters. The zero-order chi connectivity index (χ0) is 15.7. The number of ether oxygens (including phenoxy) is 2. The topological polar surface area (TPSA) is 70.3 Å². The minimum Gasteiger partial charge on any atom is -0.493 e. The lowest BCUT2D eigenvalue weighted by Gasteiger charge is -2.12. The van der Waals surface area contributed by atoms with Gasteiger partial charge in [0.15, 0.2) is 11.5 Å². The smallest absolute Gasteiger partial charge is 0.221 e. The lowest BCUT2D eigenvalue weighted by atomic mass is 10.1. The Balaban J connectivity index is 2.31. The van der Waals surface area contributed by atoms with Crippen LogP contribution in [0, 0.1) is 0 Å². The van der Waals surface area contributed by atoms with Crippen molar-refractivity contribution in [3.63, 3.8) is 0 Å². The van der Waals surface area contributed by atoms with Crippen LogP contribution in [0.1, 0.15) is 0 Å². The average molecular weight is 316 g/mol. The number of halogens is 1. The highest BCUT2D eigenvalue weighted by Crippen LogP contribution is 2.36. The van der Waals surface area contributed by atoms with Crippen molar-refractivity contribution < 1.29 is 9.47 Å². The summed E-state index contributed by atoms with van der Waals surface area (Å²) in [7, 11) is 3.16. The van der Waals surface area contributed by atoms with E-state index in [1.807, 2.05) is 30.3 Å². The summed E-state index contributed by atoms with van der Waals surface area (Å²) < 4.78 is 10.7. The monoisotopic (exact) mass is 315 g/mol. The van der Waals surface area contributed by atoms with Crippen LogP contribution in [0.25, 0.3) is 22.2 Å². The number of anilines is 1. The van der Waals surface area contributed by atoms with Gasteiger partial charge in [0.2, 0.25) is 5.95 Å². The molecule has 6 heteroatoms. The number of aromatic nitrogens is 2. The maximum Gasteiger partial charge on any atom is 0.221 e. The van der Waals surface area contributed by atoms with Gasteiger partial charge in [-0.1, -0.05) is 23.7 Å². The summed E-state index contributed by atoms with van der Waals surface area (Å²) in [5.41, 5.74) is 8.14. The number of benzene rings is 2. The zero-order valence-corrected chi connectivity index (χ0v) is 12.9. The predicted molar refractivity (Wildman–Crippen MR) is 87.5 cm³/mol. The Bertz CT molecular complexity index is 835. The van der Waals surface area contributed by atoms with Crippen molar-refractivity contribution in [3.8, 4) is 22.8 Å². The third-order valence-corrected chi connectivity index (χ3v) is 3.59. The summed E-state index contributed by atoms with van der Waals surface area (Å²) in [6, 6.07) is 11.0. The van der Waals surface area contributed by atoms with E-state index in [0.717, 1.165) is 16.6 Å². The second kappa shape index (κ2) is 5.69. The first kappa shape index (κ1) is 14.4. The van der Waals surface area contributed by atoms with E-state index in [9.17, 15) is 0 Å². The highest BCUT2D eigenvalue weighted by molar-refractivity contribution is 6.30. The van der Waals surface area contributed by atoms with Gasteiger partial charge in [-0.05, 0) is 18.2 Å². The summed E-state index contributed by atoms with van der Waals surface area (Å²) in [5, 5.41) is 1.49. The van der Waals surface area contributed by atoms with Crippen LogP contribution >= 0.6 is 11.6 Å². The molecule has 0 saturated carbocycles. The van der Waals surface area contributed by atoms with Crippen molar-refractivity contribution in [1.29, 1.82) is 0 Å². The molecular formula is C16H14ClN3O2. The van der Waals surface area contributed by atoms with Gasteiger partial charge in [0.25, 0.3) is 0 Å². The molecule has 3 aromatic rings. The molecule has 2 N–H and O–H groups in total. The molecule has 5 nitrogen and oxygen atoms in total. The Labute approximate surface area is 132 Å². The van der Waals surface area contributed by atoms with Crippen LogP contribution in [-0.4, -0.2) is 24.2 Å². The fourth-order valence-corrected chi connectivity index (χ4v) is 2.43. The summed E-state index contributed by atoms with van der Waals surface area (Å²) in [6.07, 6.45) is 0. The number of nitrogens with two attached hydrogens (primary N) is 1. The van der Waals surface area contributed by atoms with Crippen LogP contribution in [0.4, 0.5) is 5.95 Å². The molecule has 3 rings (SSSR count). The predicted octanol–water partition coefficient (Wildman–Crippen LogP) is 3.55. The van der Waals surface area contributed by atoms with Gasteiger partial charge < -0.3 is 15.2 Å². The van der Waals surface area contributed by atoms with Gasteiger partial charge in [-0.25, -0.2) is 9.97 Å². The fraction of sp³-hybridized carbons (Fsp3) is 0.125. The van der Waals surface area contributed by atoms with Gasteiger partial charge in [-0.15, -0.1) is 0 Å². The third kappa shape index (κ3) is 2.51.